The molecule has 276 valence electrons. The molecule has 0 aliphatic carbocycles. The van der Waals surface area contributed by atoms with E-state index in [9.17, 15) is 24.6 Å². The van der Waals surface area contributed by atoms with E-state index in [1.54, 1.807) is 26.2 Å². The van der Waals surface area contributed by atoms with Gasteiger partial charge in [-0.2, -0.15) is 0 Å². The van der Waals surface area contributed by atoms with Crippen LogP contribution in [0.25, 0.3) is 0 Å². The van der Waals surface area contributed by atoms with Crippen molar-refractivity contribution in [3.05, 3.63) is 71.8 Å². The normalized spacial score (nSPS) is 37.2. The van der Waals surface area contributed by atoms with Gasteiger partial charge >= 0.3 is 17.9 Å². The number of hydrogen-bond acceptors (Lipinski definition) is 10. The number of esters is 3. The van der Waals surface area contributed by atoms with Crippen LogP contribution in [0.4, 0.5) is 0 Å². The van der Waals surface area contributed by atoms with Crippen molar-refractivity contribution in [2.24, 2.45) is 23.7 Å². The maximum Gasteiger partial charge on any atom is 0.310 e. The molecule has 0 spiro atoms. The fourth-order valence-corrected chi connectivity index (χ4v) is 7.61. The van der Waals surface area contributed by atoms with Gasteiger partial charge in [0.05, 0.1) is 36.8 Å². The van der Waals surface area contributed by atoms with E-state index >= 15 is 0 Å². The molecule has 0 bridgehead atoms. The number of carbonyl (C=O) groups excluding carboxylic acids is 3. The second kappa shape index (κ2) is 16.8. The Kier molecular flexibility index (Phi) is 13.3. The van der Waals surface area contributed by atoms with E-state index in [0.29, 0.717) is 12.0 Å². The Morgan fingerprint density at radius 1 is 1.14 bits per heavy atom. The van der Waals surface area contributed by atoms with Gasteiger partial charge in [-0.25, -0.2) is 0 Å². The molecular formula is C40H56O10. The number of cyclic esters (lactones) is 2. The lowest BCUT2D eigenvalue weighted by Crippen LogP contribution is -2.42. The number of carbonyl (C=O) groups is 3. The Balaban J connectivity index is 1.62. The van der Waals surface area contributed by atoms with Crippen molar-refractivity contribution in [3.63, 3.8) is 0 Å². The molecule has 10 heteroatoms. The molecule has 2 N–H and O–H groups in total. The summed E-state index contributed by atoms with van der Waals surface area (Å²) < 4.78 is 29.6. The summed E-state index contributed by atoms with van der Waals surface area (Å²) in [6.07, 6.45) is 7.31. The molecule has 0 radical (unpaired) electrons. The molecule has 10 nitrogen and oxygen atoms in total. The number of methoxy groups -OCH3 is 1. The average Bonchev–Trinajstić information content (AvgIpc) is 3.80. The highest BCUT2D eigenvalue weighted by Crippen LogP contribution is 2.51. The predicted molar refractivity (Wildman–Crippen MR) is 188 cm³/mol. The minimum absolute atomic E-state index is 0.0317. The Labute approximate surface area is 296 Å². The molecule has 0 aromatic heterocycles. The molecule has 3 heterocycles. The van der Waals surface area contributed by atoms with Crippen LogP contribution in [0.5, 0.6) is 0 Å². The maximum absolute atomic E-state index is 13.5. The number of allylic oxidation sites excluding steroid dienone is 2. The van der Waals surface area contributed by atoms with Crippen molar-refractivity contribution in [1.82, 2.24) is 0 Å². The van der Waals surface area contributed by atoms with Crippen LogP contribution < -0.4 is 0 Å². The van der Waals surface area contributed by atoms with Gasteiger partial charge in [0.15, 0.2) is 0 Å². The number of aliphatic hydroxyl groups is 2. The van der Waals surface area contributed by atoms with Crippen LogP contribution in [0.3, 0.4) is 0 Å². The molecule has 12 atom stereocenters. The van der Waals surface area contributed by atoms with Gasteiger partial charge in [0.2, 0.25) is 0 Å². The van der Waals surface area contributed by atoms with Crippen LogP contribution in [0, 0.1) is 23.7 Å². The highest BCUT2D eigenvalue weighted by Gasteiger charge is 2.63. The molecule has 5 unspecified atom stereocenters. The minimum atomic E-state index is -1.46. The minimum Gasteiger partial charge on any atom is -0.457 e. The summed E-state index contributed by atoms with van der Waals surface area (Å²) in [5, 5.41) is 21.7. The maximum atomic E-state index is 13.5. The predicted octanol–water partition coefficient (Wildman–Crippen LogP) is 5.44. The monoisotopic (exact) mass is 696 g/mol. The Morgan fingerprint density at radius 2 is 1.84 bits per heavy atom. The van der Waals surface area contributed by atoms with E-state index in [0.717, 1.165) is 12.0 Å². The molecule has 3 aliphatic heterocycles. The third-order valence-electron chi connectivity index (χ3n) is 10.6. The lowest BCUT2D eigenvalue weighted by atomic mass is 9.74. The largest absolute Gasteiger partial charge is 0.457 e. The van der Waals surface area contributed by atoms with Gasteiger partial charge in [0.1, 0.15) is 23.4 Å². The SMILES string of the molecule is CC[C@H](OC)[C@@H](C)[C@H]1OC1C1C(Cc2ccccc2)C(=O)OC1(C)/C=C/C=C(\C)C1OC(=O)C[C@H](O)CC[C@@](C)(O)[C@@H](OC(C)=O)/C=C/[C@@H]1C. The molecule has 3 aliphatic rings. The van der Waals surface area contributed by atoms with Crippen molar-refractivity contribution in [1.29, 1.82) is 0 Å². The number of hydrogen-bond donors (Lipinski definition) is 2. The molecule has 1 aromatic rings. The van der Waals surface area contributed by atoms with Crippen LogP contribution in [0.2, 0.25) is 0 Å². The Morgan fingerprint density at radius 3 is 2.48 bits per heavy atom. The standard InChI is InChI=1S/C40H56O10/c1-9-31(46-8)26(4)36-37(49-36)34-30(22-28-15-11-10-12-16-28)38(44)50-40(34,7)20-13-14-24(2)35-25(3)17-18-32(47-27(5)41)39(6,45)21-19-29(42)23-33(43)48-35/h10-18,20,25-26,29-32,34-37,42,45H,9,19,21-23H2,1-8H3/b18-17+,20-13+,24-14+/t25-,26+,29+,30?,31-,32-,34?,35?,36+,37?,39+,40?/m0/s1. The number of epoxide rings is 1. The quantitative estimate of drug-likeness (QED) is 0.101. The highest BCUT2D eigenvalue weighted by molar-refractivity contribution is 5.77. The Bertz CT molecular complexity index is 1410. The zero-order chi connectivity index (χ0) is 36.8. The van der Waals surface area contributed by atoms with E-state index in [1.807, 2.05) is 69.3 Å². The Hall–Kier alpha value is -3.31. The van der Waals surface area contributed by atoms with Crippen LogP contribution in [-0.2, 0) is 44.5 Å². The summed E-state index contributed by atoms with van der Waals surface area (Å²) in [5.41, 5.74) is -0.671. The van der Waals surface area contributed by atoms with Crippen molar-refractivity contribution < 1.29 is 48.3 Å². The van der Waals surface area contributed by atoms with Gasteiger partial charge in [-0.3, -0.25) is 14.4 Å². The molecule has 50 heavy (non-hydrogen) atoms. The van der Waals surface area contributed by atoms with E-state index < -0.39 is 47.4 Å². The summed E-state index contributed by atoms with van der Waals surface area (Å²) in [6.45, 7) is 12.6. The topological polar surface area (TPSA) is 141 Å². The second-order valence-electron chi connectivity index (χ2n) is 14.7. The van der Waals surface area contributed by atoms with Crippen LogP contribution in [-0.4, -0.2) is 83.1 Å². The summed E-state index contributed by atoms with van der Waals surface area (Å²) in [4.78, 5) is 38.3. The number of ether oxygens (including phenoxy) is 5. The van der Waals surface area contributed by atoms with Gasteiger partial charge < -0.3 is 33.9 Å². The van der Waals surface area contributed by atoms with Gasteiger partial charge in [0, 0.05) is 31.8 Å². The highest BCUT2D eigenvalue weighted by atomic mass is 16.6. The van der Waals surface area contributed by atoms with Crippen molar-refractivity contribution in [2.75, 3.05) is 7.11 Å². The first-order valence-corrected chi connectivity index (χ1v) is 17.9. The third kappa shape index (κ3) is 9.72. The molecule has 0 amide bonds. The molecule has 1 aromatic carbocycles. The first-order chi connectivity index (χ1) is 23.6. The van der Waals surface area contributed by atoms with Gasteiger partial charge in [0.25, 0.3) is 0 Å². The van der Waals surface area contributed by atoms with Gasteiger partial charge in [-0.15, -0.1) is 0 Å². The molecular weight excluding hydrogens is 640 g/mol. The zero-order valence-electron chi connectivity index (χ0n) is 30.7. The van der Waals surface area contributed by atoms with Crippen LogP contribution in [0.1, 0.15) is 79.7 Å². The number of benzene rings is 1. The second-order valence-corrected chi connectivity index (χ2v) is 14.7. The molecule has 0 saturated carbocycles. The fourth-order valence-electron chi connectivity index (χ4n) is 7.61. The summed E-state index contributed by atoms with van der Waals surface area (Å²) in [5.74, 6) is -2.29. The summed E-state index contributed by atoms with van der Waals surface area (Å²) in [7, 11) is 1.71. The van der Waals surface area contributed by atoms with Gasteiger partial charge in [-0.1, -0.05) is 69.3 Å². The number of rotatable bonds is 11. The van der Waals surface area contributed by atoms with Crippen LogP contribution >= 0.6 is 0 Å². The smallest absolute Gasteiger partial charge is 0.310 e. The first-order valence-electron chi connectivity index (χ1n) is 17.9. The molecule has 4 rings (SSSR count). The van der Waals surface area contributed by atoms with Crippen molar-refractivity contribution in [2.45, 2.75) is 128 Å². The van der Waals surface area contributed by atoms with Crippen LogP contribution in [0.15, 0.2) is 66.3 Å². The van der Waals surface area contributed by atoms with E-state index in [-0.39, 0.29) is 61.3 Å². The fraction of sp³-hybridized carbons (Fsp3) is 0.625. The number of aliphatic hydroxyl groups excluding tert-OH is 1. The lowest BCUT2D eigenvalue weighted by molar-refractivity contribution is -0.157. The lowest BCUT2D eigenvalue weighted by Gasteiger charge is -2.32. The molecule has 2 fully saturated rings. The third-order valence-corrected chi connectivity index (χ3v) is 10.6. The summed E-state index contributed by atoms with van der Waals surface area (Å²) >= 11 is 0. The average molecular weight is 697 g/mol. The van der Waals surface area contributed by atoms with E-state index in [1.165, 1.54) is 6.92 Å². The van der Waals surface area contributed by atoms with Gasteiger partial charge in [-0.05, 0) is 69.7 Å². The van der Waals surface area contributed by atoms with Crippen molar-refractivity contribution in [3.8, 4) is 0 Å². The zero-order valence-corrected chi connectivity index (χ0v) is 30.7. The van der Waals surface area contributed by atoms with E-state index in [2.05, 4.69) is 13.8 Å². The van der Waals surface area contributed by atoms with E-state index in [4.69, 9.17) is 23.7 Å². The van der Waals surface area contributed by atoms with Crippen molar-refractivity contribution >= 4 is 17.9 Å². The summed E-state index contributed by atoms with van der Waals surface area (Å²) in [6, 6.07) is 9.91. The molecule has 2 saturated heterocycles. The first kappa shape index (κ1) is 39.5.